The standard InChI is InChI=1S/C12H12BrN3O2/c13-9-2-1-8(6-14)10(5-9)16-4-3-15-7-11(16)12(17)18/h1-2,5,11,15H,3-4,7H2,(H,17,18). The molecule has 2 rings (SSSR count). The fourth-order valence-corrected chi connectivity index (χ4v) is 2.40. The van der Waals surface area contributed by atoms with Crippen LogP contribution in [0.4, 0.5) is 5.69 Å². The lowest BCUT2D eigenvalue weighted by atomic mass is 10.1. The van der Waals surface area contributed by atoms with Gasteiger partial charge in [-0.1, -0.05) is 15.9 Å². The van der Waals surface area contributed by atoms with Crippen LogP contribution in [0.3, 0.4) is 0 Å². The number of nitriles is 1. The van der Waals surface area contributed by atoms with E-state index >= 15 is 0 Å². The van der Waals surface area contributed by atoms with Crippen molar-refractivity contribution in [1.29, 1.82) is 5.26 Å². The molecule has 1 atom stereocenters. The van der Waals surface area contributed by atoms with Gasteiger partial charge in [-0.25, -0.2) is 4.79 Å². The summed E-state index contributed by atoms with van der Waals surface area (Å²) >= 11 is 3.35. The number of anilines is 1. The van der Waals surface area contributed by atoms with Crippen molar-refractivity contribution in [1.82, 2.24) is 5.32 Å². The van der Waals surface area contributed by atoms with Crippen LogP contribution in [0.5, 0.6) is 0 Å². The van der Waals surface area contributed by atoms with E-state index in [2.05, 4.69) is 27.3 Å². The van der Waals surface area contributed by atoms with E-state index in [4.69, 9.17) is 5.26 Å². The maximum absolute atomic E-state index is 11.2. The van der Waals surface area contributed by atoms with Crippen LogP contribution in [0.1, 0.15) is 5.56 Å². The Morgan fingerprint density at radius 1 is 1.61 bits per heavy atom. The Morgan fingerprint density at radius 3 is 3.06 bits per heavy atom. The van der Waals surface area contributed by atoms with Crippen molar-refractivity contribution in [3.8, 4) is 6.07 Å². The third-order valence-electron chi connectivity index (χ3n) is 2.92. The van der Waals surface area contributed by atoms with E-state index in [9.17, 15) is 9.90 Å². The molecule has 6 heteroatoms. The Hall–Kier alpha value is -1.58. The number of nitrogens with zero attached hydrogens (tertiary/aromatic N) is 2. The topological polar surface area (TPSA) is 76.4 Å². The summed E-state index contributed by atoms with van der Waals surface area (Å²) in [6.45, 7) is 1.66. The lowest BCUT2D eigenvalue weighted by Crippen LogP contribution is -2.55. The molecule has 0 saturated carbocycles. The Morgan fingerprint density at radius 2 is 2.39 bits per heavy atom. The molecule has 0 amide bonds. The van der Waals surface area contributed by atoms with Gasteiger partial charge >= 0.3 is 5.97 Å². The van der Waals surface area contributed by atoms with Crippen LogP contribution in [0.2, 0.25) is 0 Å². The van der Waals surface area contributed by atoms with E-state index in [0.29, 0.717) is 30.9 Å². The molecule has 18 heavy (non-hydrogen) atoms. The summed E-state index contributed by atoms with van der Waals surface area (Å²) in [4.78, 5) is 13.0. The molecule has 1 aromatic rings. The van der Waals surface area contributed by atoms with Crippen LogP contribution in [-0.4, -0.2) is 36.8 Å². The molecule has 0 spiro atoms. The Bertz CT molecular complexity index is 513. The van der Waals surface area contributed by atoms with Gasteiger partial charge < -0.3 is 15.3 Å². The number of carboxylic acid groups (broad SMARTS) is 1. The van der Waals surface area contributed by atoms with Gasteiger partial charge in [0, 0.05) is 24.1 Å². The first-order valence-electron chi connectivity index (χ1n) is 5.53. The van der Waals surface area contributed by atoms with Gasteiger partial charge in [0.2, 0.25) is 0 Å². The van der Waals surface area contributed by atoms with E-state index in [1.165, 1.54) is 0 Å². The Balaban J connectivity index is 2.42. The average molecular weight is 310 g/mol. The molecule has 1 unspecified atom stereocenters. The van der Waals surface area contributed by atoms with Crippen molar-refractivity contribution >= 4 is 27.6 Å². The zero-order chi connectivity index (χ0) is 13.1. The molecule has 5 nitrogen and oxygen atoms in total. The largest absolute Gasteiger partial charge is 0.480 e. The minimum atomic E-state index is -0.883. The summed E-state index contributed by atoms with van der Waals surface area (Å²) < 4.78 is 0.833. The lowest BCUT2D eigenvalue weighted by Gasteiger charge is -2.35. The molecule has 2 N–H and O–H groups in total. The zero-order valence-electron chi connectivity index (χ0n) is 9.56. The fraction of sp³-hybridized carbons (Fsp3) is 0.333. The molecule has 1 saturated heterocycles. The number of nitrogens with one attached hydrogen (secondary N) is 1. The number of hydrogen-bond donors (Lipinski definition) is 2. The van der Waals surface area contributed by atoms with Crippen molar-refractivity contribution in [3.63, 3.8) is 0 Å². The molecule has 1 aromatic carbocycles. The zero-order valence-corrected chi connectivity index (χ0v) is 11.1. The molecule has 1 heterocycles. The van der Waals surface area contributed by atoms with Gasteiger partial charge in [0.1, 0.15) is 12.1 Å². The van der Waals surface area contributed by atoms with Gasteiger partial charge in [-0.3, -0.25) is 0 Å². The van der Waals surface area contributed by atoms with Crippen molar-refractivity contribution < 1.29 is 9.90 Å². The summed E-state index contributed by atoms with van der Waals surface area (Å²) in [5.74, 6) is -0.883. The summed E-state index contributed by atoms with van der Waals surface area (Å²) in [7, 11) is 0. The van der Waals surface area contributed by atoms with Crippen molar-refractivity contribution in [3.05, 3.63) is 28.2 Å². The van der Waals surface area contributed by atoms with Crippen LogP contribution < -0.4 is 10.2 Å². The van der Waals surface area contributed by atoms with Crippen LogP contribution in [0, 0.1) is 11.3 Å². The number of hydrogen-bond acceptors (Lipinski definition) is 4. The highest BCUT2D eigenvalue weighted by atomic mass is 79.9. The number of benzene rings is 1. The molecule has 1 fully saturated rings. The first kappa shape index (κ1) is 12.9. The van der Waals surface area contributed by atoms with Gasteiger partial charge in [-0.15, -0.1) is 0 Å². The fourth-order valence-electron chi connectivity index (χ4n) is 2.05. The third-order valence-corrected chi connectivity index (χ3v) is 3.41. The molecule has 1 aliphatic rings. The van der Waals surface area contributed by atoms with E-state index in [1.807, 2.05) is 0 Å². The second kappa shape index (κ2) is 5.38. The minimum Gasteiger partial charge on any atom is -0.480 e. The Labute approximate surface area is 113 Å². The van der Waals surface area contributed by atoms with E-state index in [-0.39, 0.29) is 0 Å². The molecule has 94 valence electrons. The normalized spacial score (nSPS) is 19.3. The number of carbonyl (C=O) groups is 1. The lowest BCUT2D eigenvalue weighted by molar-refractivity contribution is -0.138. The first-order valence-corrected chi connectivity index (χ1v) is 6.32. The van der Waals surface area contributed by atoms with Crippen LogP contribution >= 0.6 is 15.9 Å². The van der Waals surface area contributed by atoms with Crippen LogP contribution in [-0.2, 0) is 4.79 Å². The number of halogens is 1. The summed E-state index contributed by atoms with van der Waals surface area (Å²) in [6, 6.07) is 6.73. The number of piperazine rings is 1. The smallest absolute Gasteiger partial charge is 0.327 e. The van der Waals surface area contributed by atoms with Gasteiger partial charge in [0.25, 0.3) is 0 Å². The highest BCUT2D eigenvalue weighted by Crippen LogP contribution is 2.27. The highest BCUT2D eigenvalue weighted by molar-refractivity contribution is 9.10. The van der Waals surface area contributed by atoms with E-state index in [0.717, 1.165) is 4.47 Å². The SMILES string of the molecule is N#Cc1ccc(Br)cc1N1CCNCC1C(=O)O. The number of carboxylic acids is 1. The summed E-state index contributed by atoms with van der Waals surface area (Å²) in [6.07, 6.45) is 0. The van der Waals surface area contributed by atoms with Crippen LogP contribution in [0.25, 0.3) is 0 Å². The van der Waals surface area contributed by atoms with Gasteiger partial charge in [-0.05, 0) is 18.2 Å². The molecule has 0 radical (unpaired) electrons. The predicted molar refractivity (Wildman–Crippen MR) is 70.5 cm³/mol. The van der Waals surface area contributed by atoms with Crippen molar-refractivity contribution in [2.75, 3.05) is 24.5 Å². The summed E-state index contributed by atoms with van der Waals surface area (Å²) in [5.41, 5.74) is 1.16. The van der Waals surface area contributed by atoms with Gasteiger partial charge in [0.05, 0.1) is 11.3 Å². The maximum Gasteiger partial charge on any atom is 0.327 e. The van der Waals surface area contributed by atoms with Crippen molar-refractivity contribution in [2.45, 2.75) is 6.04 Å². The first-order chi connectivity index (χ1) is 8.63. The van der Waals surface area contributed by atoms with Gasteiger partial charge in [-0.2, -0.15) is 5.26 Å². The molecule has 1 aliphatic heterocycles. The third kappa shape index (κ3) is 2.47. The average Bonchev–Trinajstić information content (AvgIpc) is 2.38. The second-order valence-electron chi connectivity index (χ2n) is 4.02. The summed E-state index contributed by atoms with van der Waals surface area (Å²) in [5, 5.41) is 21.4. The molecular formula is C12H12BrN3O2. The molecular weight excluding hydrogens is 298 g/mol. The van der Waals surface area contributed by atoms with E-state index < -0.39 is 12.0 Å². The molecule has 0 bridgehead atoms. The number of rotatable bonds is 2. The maximum atomic E-state index is 11.2. The second-order valence-corrected chi connectivity index (χ2v) is 4.94. The highest BCUT2D eigenvalue weighted by Gasteiger charge is 2.29. The molecule has 0 aromatic heterocycles. The van der Waals surface area contributed by atoms with Crippen LogP contribution in [0.15, 0.2) is 22.7 Å². The Kier molecular flexibility index (Phi) is 3.84. The minimum absolute atomic E-state index is 0.382. The molecule has 0 aliphatic carbocycles. The predicted octanol–water partition coefficient (Wildman–Crippen LogP) is 1.18. The quantitative estimate of drug-likeness (QED) is 0.858. The van der Waals surface area contributed by atoms with Gasteiger partial charge in [0.15, 0.2) is 0 Å². The monoisotopic (exact) mass is 309 g/mol. The van der Waals surface area contributed by atoms with E-state index in [1.54, 1.807) is 23.1 Å². The number of aliphatic carboxylic acids is 1. The van der Waals surface area contributed by atoms with Crippen molar-refractivity contribution in [2.24, 2.45) is 0 Å².